The fourth-order valence-electron chi connectivity index (χ4n) is 1.97. The van der Waals surface area contributed by atoms with Crippen LogP contribution in [0.25, 0.3) is 0 Å². The Bertz CT molecular complexity index is 387. The number of hydrogen-bond donors (Lipinski definition) is 1. The van der Waals surface area contributed by atoms with Crippen LogP contribution in [0.3, 0.4) is 0 Å². The zero-order chi connectivity index (χ0) is 11.5. The molecule has 0 saturated carbocycles. The Morgan fingerprint density at radius 1 is 1.44 bits per heavy atom. The van der Waals surface area contributed by atoms with Crippen molar-refractivity contribution in [3.05, 3.63) is 35.4 Å². The van der Waals surface area contributed by atoms with E-state index >= 15 is 0 Å². The molecule has 0 aromatic heterocycles. The van der Waals surface area contributed by atoms with E-state index in [1.807, 2.05) is 32.0 Å². The quantitative estimate of drug-likeness (QED) is 0.824. The van der Waals surface area contributed by atoms with Crippen molar-refractivity contribution < 1.29 is 9.53 Å². The molecule has 0 spiro atoms. The monoisotopic (exact) mass is 219 g/mol. The molecule has 2 rings (SSSR count). The maximum absolute atomic E-state index is 11.9. The number of nitrogens with one attached hydrogen (secondary N) is 1. The van der Waals surface area contributed by atoms with Crippen LogP contribution in [0, 0.1) is 0 Å². The lowest BCUT2D eigenvalue weighted by Crippen LogP contribution is -2.37. The highest BCUT2D eigenvalue weighted by Gasteiger charge is 2.27. The Labute approximate surface area is 95.8 Å². The van der Waals surface area contributed by atoms with Gasteiger partial charge in [0.2, 0.25) is 0 Å². The average molecular weight is 219 g/mol. The van der Waals surface area contributed by atoms with Crippen LogP contribution < -0.4 is 5.32 Å². The van der Waals surface area contributed by atoms with Crippen molar-refractivity contribution in [3.63, 3.8) is 0 Å². The summed E-state index contributed by atoms with van der Waals surface area (Å²) in [5.74, 6) is -0.0397. The molecule has 1 aromatic carbocycles. The lowest BCUT2D eigenvalue weighted by atomic mass is 9.97. The van der Waals surface area contributed by atoms with Gasteiger partial charge in [0.1, 0.15) is 0 Å². The summed E-state index contributed by atoms with van der Waals surface area (Å²) >= 11 is 0. The number of benzene rings is 1. The highest BCUT2D eigenvalue weighted by molar-refractivity contribution is 5.83. The van der Waals surface area contributed by atoms with Crippen LogP contribution in [0.15, 0.2) is 24.3 Å². The third-order valence-electron chi connectivity index (χ3n) is 2.66. The predicted octanol–water partition coefficient (Wildman–Crippen LogP) is 1.82. The molecular formula is C13H17NO2. The van der Waals surface area contributed by atoms with Crippen LogP contribution in [-0.4, -0.2) is 18.6 Å². The van der Waals surface area contributed by atoms with Crippen LogP contribution in [0.5, 0.6) is 0 Å². The molecule has 0 saturated heterocycles. The van der Waals surface area contributed by atoms with E-state index in [-0.39, 0.29) is 11.9 Å². The first-order chi connectivity index (χ1) is 7.68. The van der Waals surface area contributed by atoms with Crippen molar-refractivity contribution >= 4 is 5.91 Å². The molecule has 1 N–H and O–H groups in total. The van der Waals surface area contributed by atoms with Crippen molar-refractivity contribution in [1.29, 1.82) is 0 Å². The normalized spacial score (nSPS) is 19.3. The Kier molecular flexibility index (Phi) is 3.25. The minimum atomic E-state index is -0.438. The number of carbonyl (C=O) groups excluding carboxylic acids is 1. The van der Waals surface area contributed by atoms with Crippen molar-refractivity contribution in [3.8, 4) is 0 Å². The standard InChI is InChI=1S/C13H17NO2/c1-9(2)14-13(15)12-11-6-4-3-5-10(11)7-8-16-12/h3-6,9,12H,7-8H2,1-2H3,(H,14,15). The molecule has 1 heterocycles. The van der Waals surface area contributed by atoms with Crippen LogP contribution in [0.2, 0.25) is 0 Å². The number of fused-ring (bicyclic) bond motifs is 1. The third kappa shape index (κ3) is 2.25. The Balaban J connectivity index is 2.21. The molecule has 1 amide bonds. The Morgan fingerprint density at radius 2 is 2.19 bits per heavy atom. The van der Waals surface area contributed by atoms with E-state index in [1.165, 1.54) is 5.56 Å². The van der Waals surface area contributed by atoms with Crippen LogP contribution >= 0.6 is 0 Å². The van der Waals surface area contributed by atoms with Gasteiger partial charge in [-0.2, -0.15) is 0 Å². The molecule has 1 aromatic rings. The number of carbonyl (C=O) groups is 1. The summed E-state index contributed by atoms with van der Waals surface area (Å²) in [6.45, 7) is 4.52. The second-order valence-corrected chi connectivity index (χ2v) is 4.36. The van der Waals surface area contributed by atoms with E-state index in [0.29, 0.717) is 6.61 Å². The van der Waals surface area contributed by atoms with Crippen molar-refractivity contribution in [2.75, 3.05) is 6.61 Å². The predicted molar refractivity (Wildman–Crippen MR) is 62.1 cm³/mol. The molecule has 0 aliphatic carbocycles. The number of amides is 1. The molecule has 16 heavy (non-hydrogen) atoms. The first-order valence-corrected chi connectivity index (χ1v) is 5.68. The summed E-state index contributed by atoms with van der Waals surface area (Å²) < 4.78 is 5.56. The zero-order valence-corrected chi connectivity index (χ0v) is 9.69. The maximum atomic E-state index is 11.9. The molecule has 3 nitrogen and oxygen atoms in total. The number of rotatable bonds is 2. The van der Waals surface area contributed by atoms with Gasteiger partial charge in [-0.3, -0.25) is 4.79 Å². The molecule has 1 aliphatic heterocycles. The minimum Gasteiger partial charge on any atom is -0.363 e. The topological polar surface area (TPSA) is 38.3 Å². The SMILES string of the molecule is CC(C)NC(=O)C1OCCc2ccccc21. The number of hydrogen-bond acceptors (Lipinski definition) is 2. The Hall–Kier alpha value is -1.35. The minimum absolute atomic E-state index is 0.0397. The molecule has 86 valence electrons. The van der Waals surface area contributed by atoms with E-state index in [1.54, 1.807) is 0 Å². The van der Waals surface area contributed by atoms with Crippen LogP contribution in [-0.2, 0) is 16.0 Å². The summed E-state index contributed by atoms with van der Waals surface area (Å²) in [5.41, 5.74) is 2.23. The van der Waals surface area contributed by atoms with Gasteiger partial charge in [0.15, 0.2) is 6.10 Å². The molecule has 0 bridgehead atoms. The molecular weight excluding hydrogens is 202 g/mol. The summed E-state index contributed by atoms with van der Waals surface area (Å²) in [6, 6.07) is 8.13. The zero-order valence-electron chi connectivity index (χ0n) is 9.69. The molecule has 1 unspecified atom stereocenters. The van der Waals surface area contributed by atoms with Gasteiger partial charge in [-0.05, 0) is 31.4 Å². The van der Waals surface area contributed by atoms with Crippen molar-refractivity contribution in [2.45, 2.75) is 32.4 Å². The first-order valence-electron chi connectivity index (χ1n) is 5.68. The van der Waals surface area contributed by atoms with Gasteiger partial charge in [-0.15, -0.1) is 0 Å². The Morgan fingerprint density at radius 3 is 2.94 bits per heavy atom. The van der Waals surface area contributed by atoms with Gasteiger partial charge in [0, 0.05) is 6.04 Å². The third-order valence-corrected chi connectivity index (χ3v) is 2.66. The second kappa shape index (κ2) is 4.66. The van der Waals surface area contributed by atoms with E-state index in [4.69, 9.17) is 4.74 Å². The van der Waals surface area contributed by atoms with Gasteiger partial charge >= 0.3 is 0 Å². The van der Waals surface area contributed by atoms with Gasteiger partial charge in [-0.1, -0.05) is 24.3 Å². The van der Waals surface area contributed by atoms with Crippen molar-refractivity contribution in [2.24, 2.45) is 0 Å². The summed E-state index contributed by atoms with van der Waals surface area (Å²) in [7, 11) is 0. The summed E-state index contributed by atoms with van der Waals surface area (Å²) in [5, 5.41) is 2.89. The summed E-state index contributed by atoms with van der Waals surface area (Å²) in [6.07, 6.45) is 0.453. The molecule has 0 fully saturated rings. The average Bonchev–Trinajstić information content (AvgIpc) is 2.27. The van der Waals surface area contributed by atoms with E-state index in [0.717, 1.165) is 12.0 Å². The maximum Gasteiger partial charge on any atom is 0.253 e. The smallest absolute Gasteiger partial charge is 0.253 e. The lowest BCUT2D eigenvalue weighted by Gasteiger charge is -2.25. The van der Waals surface area contributed by atoms with Gasteiger partial charge in [-0.25, -0.2) is 0 Å². The van der Waals surface area contributed by atoms with Gasteiger partial charge in [0.25, 0.3) is 5.91 Å². The molecule has 1 aliphatic rings. The molecule has 3 heteroatoms. The van der Waals surface area contributed by atoms with Crippen LogP contribution in [0.4, 0.5) is 0 Å². The molecule has 1 atom stereocenters. The van der Waals surface area contributed by atoms with E-state index in [9.17, 15) is 4.79 Å². The van der Waals surface area contributed by atoms with Gasteiger partial charge < -0.3 is 10.1 Å². The number of ether oxygens (including phenoxy) is 1. The van der Waals surface area contributed by atoms with Crippen LogP contribution in [0.1, 0.15) is 31.1 Å². The fraction of sp³-hybridized carbons (Fsp3) is 0.462. The highest BCUT2D eigenvalue weighted by Crippen LogP contribution is 2.26. The van der Waals surface area contributed by atoms with Gasteiger partial charge in [0.05, 0.1) is 6.61 Å². The van der Waals surface area contributed by atoms with E-state index in [2.05, 4.69) is 11.4 Å². The largest absolute Gasteiger partial charge is 0.363 e. The van der Waals surface area contributed by atoms with Crippen molar-refractivity contribution in [1.82, 2.24) is 5.32 Å². The fourth-order valence-corrected chi connectivity index (χ4v) is 1.97. The summed E-state index contributed by atoms with van der Waals surface area (Å²) in [4.78, 5) is 11.9. The first kappa shape index (κ1) is 11.1. The second-order valence-electron chi connectivity index (χ2n) is 4.36. The molecule has 0 radical (unpaired) electrons. The highest BCUT2D eigenvalue weighted by atomic mass is 16.5. The lowest BCUT2D eigenvalue weighted by molar-refractivity contribution is -0.134. The van der Waals surface area contributed by atoms with E-state index < -0.39 is 6.10 Å².